The van der Waals surface area contributed by atoms with Crippen LogP contribution in [0.15, 0.2) is 41.8 Å². The SMILES string of the molecule is O=C(COc1ccc(Cl)cc1[N+](=O)[O-])Nc1nc(-c2ccc(F)c(F)c2)cs1. The van der Waals surface area contributed by atoms with Crippen LogP contribution in [-0.2, 0) is 4.79 Å². The number of nitro groups is 1. The zero-order valence-corrected chi connectivity index (χ0v) is 15.4. The molecular weight excluding hydrogens is 416 g/mol. The summed E-state index contributed by atoms with van der Waals surface area (Å²) in [5, 5.41) is 15.4. The Morgan fingerprint density at radius 1 is 1.25 bits per heavy atom. The lowest BCUT2D eigenvalue weighted by Gasteiger charge is -2.06. The van der Waals surface area contributed by atoms with Crippen LogP contribution >= 0.6 is 22.9 Å². The van der Waals surface area contributed by atoms with E-state index in [0.717, 1.165) is 29.5 Å². The summed E-state index contributed by atoms with van der Waals surface area (Å²) >= 11 is 6.79. The third kappa shape index (κ3) is 4.59. The van der Waals surface area contributed by atoms with E-state index in [1.165, 1.54) is 18.2 Å². The van der Waals surface area contributed by atoms with E-state index in [1.807, 2.05) is 0 Å². The minimum atomic E-state index is -1.01. The van der Waals surface area contributed by atoms with Crippen LogP contribution in [0.1, 0.15) is 0 Å². The van der Waals surface area contributed by atoms with Crippen LogP contribution in [0.2, 0.25) is 5.02 Å². The molecule has 0 radical (unpaired) electrons. The van der Waals surface area contributed by atoms with E-state index in [4.69, 9.17) is 16.3 Å². The Labute approximate surface area is 165 Å². The van der Waals surface area contributed by atoms with E-state index in [2.05, 4.69) is 10.3 Å². The van der Waals surface area contributed by atoms with E-state index >= 15 is 0 Å². The Morgan fingerprint density at radius 2 is 2.04 bits per heavy atom. The van der Waals surface area contributed by atoms with Gasteiger partial charge in [0.25, 0.3) is 5.91 Å². The third-order valence-electron chi connectivity index (χ3n) is 3.44. The molecule has 0 aliphatic rings. The monoisotopic (exact) mass is 425 g/mol. The maximum Gasteiger partial charge on any atom is 0.312 e. The standard InChI is InChI=1S/C17H10ClF2N3O4S/c18-10-2-4-15(14(6-10)23(25)26)27-7-16(24)22-17-21-13(8-28-17)9-1-3-11(19)12(20)5-9/h1-6,8H,7H2,(H,21,22,24). The Kier molecular flexibility index (Phi) is 5.81. The van der Waals surface area contributed by atoms with Crippen LogP contribution in [-0.4, -0.2) is 22.4 Å². The van der Waals surface area contributed by atoms with Crippen LogP contribution in [0, 0.1) is 21.7 Å². The molecule has 7 nitrogen and oxygen atoms in total. The summed E-state index contributed by atoms with van der Waals surface area (Å²) in [5.74, 6) is -2.68. The zero-order valence-electron chi connectivity index (χ0n) is 13.8. The van der Waals surface area contributed by atoms with E-state index < -0.39 is 29.1 Å². The van der Waals surface area contributed by atoms with Gasteiger partial charge in [0.1, 0.15) is 0 Å². The summed E-state index contributed by atoms with van der Waals surface area (Å²) in [4.78, 5) is 26.5. The van der Waals surface area contributed by atoms with Gasteiger partial charge in [0.2, 0.25) is 0 Å². The van der Waals surface area contributed by atoms with Gasteiger partial charge in [-0.2, -0.15) is 0 Å². The minimum Gasteiger partial charge on any atom is -0.477 e. The first-order chi connectivity index (χ1) is 13.3. The molecule has 144 valence electrons. The molecule has 0 fully saturated rings. The highest BCUT2D eigenvalue weighted by Crippen LogP contribution is 2.30. The molecule has 1 N–H and O–H groups in total. The van der Waals surface area contributed by atoms with Crippen molar-refractivity contribution in [3.8, 4) is 17.0 Å². The van der Waals surface area contributed by atoms with Crippen LogP contribution in [0.3, 0.4) is 0 Å². The Hall–Kier alpha value is -3.11. The number of thiazole rings is 1. The number of carbonyl (C=O) groups is 1. The lowest BCUT2D eigenvalue weighted by molar-refractivity contribution is -0.385. The van der Waals surface area contributed by atoms with Crippen molar-refractivity contribution in [2.24, 2.45) is 0 Å². The molecule has 1 amide bonds. The molecule has 0 saturated heterocycles. The van der Waals surface area contributed by atoms with Gasteiger partial charge in [-0.3, -0.25) is 20.2 Å². The van der Waals surface area contributed by atoms with Gasteiger partial charge in [0.15, 0.2) is 29.1 Å². The fourth-order valence-electron chi connectivity index (χ4n) is 2.17. The Balaban J connectivity index is 1.64. The molecule has 1 heterocycles. The van der Waals surface area contributed by atoms with Crippen LogP contribution < -0.4 is 10.1 Å². The van der Waals surface area contributed by atoms with Gasteiger partial charge >= 0.3 is 5.69 Å². The summed E-state index contributed by atoms with van der Waals surface area (Å²) in [6.45, 7) is -0.497. The number of carbonyl (C=O) groups excluding carboxylic acids is 1. The highest BCUT2D eigenvalue weighted by atomic mass is 35.5. The second kappa shape index (κ2) is 8.28. The third-order valence-corrected chi connectivity index (χ3v) is 4.44. The molecule has 0 spiro atoms. The number of anilines is 1. The number of aromatic nitrogens is 1. The summed E-state index contributed by atoms with van der Waals surface area (Å²) in [7, 11) is 0. The predicted octanol–water partition coefficient (Wildman–Crippen LogP) is 4.67. The molecule has 0 aliphatic heterocycles. The summed E-state index contributed by atoms with van der Waals surface area (Å²) in [5.41, 5.74) is 0.340. The molecule has 11 heteroatoms. The average molecular weight is 426 g/mol. The lowest BCUT2D eigenvalue weighted by Crippen LogP contribution is -2.20. The van der Waals surface area contributed by atoms with Crippen molar-refractivity contribution in [2.45, 2.75) is 0 Å². The van der Waals surface area contributed by atoms with Crippen molar-refractivity contribution in [1.82, 2.24) is 4.98 Å². The van der Waals surface area contributed by atoms with E-state index in [1.54, 1.807) is 5.38 Å². The highest BCUT2D eigenvalue weighted by Gasteiger charge is 2.17. The molecule has 3 rings (SSSR count). The molecule has 0 saturated carbocycles. The van der Waals surface area contributed by atoms with Crippen molar-refractivity contribution in [1.29, 1.82) is 0 Å². The molecule has 0 bridgehead atoms. The molecule has 3 aromatic rings. The molecule has 0 unspecified atom stereocenters. The maximum atomic E-state index is 13.3. The molecule has 0 atom stereocenters. The first-order valence-electron chi connectivity index (χ1n) is 7.61. The number of halogens is 3. The second-order valence-corrected chi connectivity index (χ2v) is 6.67. The molecule has 28 heavy (non-hydrogen) atoms. The fourth-order valence-corrected chi connectivity index (χ4v) is 3.08. The molecular formula is C17H10ClF2N3O4S. The van der Waals surface area contributed by atoms with Gasteiger partial charge in [0, 0.05) is 22.0 Å². The van der Waals surface area contributed by atoms with Crippen LogP contribution in [0.5, 0.6) is 5.75 Å². The quantitative estimate of drug-likeness (QED) is 0.457. The summed E-state index contributed by atoms with van der Waals surface area (Å²) < 4.78 is 31.5. The number of amides is 1. The topological polar surface area (TPSA) is 94.4 Å². The molecule has 0 aliphatic carbocycles. The molecule has 2 aromatic carbocycles. The van der Waals surface area contributed by atoms with Crippen LogP contribution in [0.25, 0.3) is 11.3 Å². The maximum absolute atomic E-state index is 13.3. The number of nitrogens with one attached hydrogen (secondary N) is 1. The van der Waals surface area contributed by atoms with Gasteiger partial charge in [-0.15, -0.1) is 11.3 Å². The van der Waals surface area contributed by atoms with Crippen molar-refractivity contribution in [3.05, 3.63) is 68.5 Å². The largest absolute Gasteiger partial charge is 0.477 e. The van der Waals surface area contributed by atoms with E-state index in [-0.39, 0.29) is 21.6 Å². The first kappa shape index (κ1) is 19.6. The fraction of sp³-hybridized carbons (Fsp3) is 0.0588. The predicted molar refractivity (Wildman–Crippen MR) is 99.7 cm³/mol. The van der Waals surface area contributed by atoms with Crippen molar-refractivity contribution < 1.29 is 23.2 Å². The number of hydrogen-bond donors (Lipinski definition) is 1. The number of nitro benzene ring substituents is 1. The van der Waals surface area contributed by atoms with Crippen molar-refractivity contribution in [3.63, 3.8) is 0 Å². The number of nitrogens with zero attached hydrogens (tertiary/aromatic N) is 2. The first-order valence-corrected chi connectivity index (χ1v) is 8.87. The van der Waals surface area contributed by atoms with Crippen LogP contribution in [0.4, 0.5) is 19.6 Å². The summed E-state index contributed by atoms with van der Waals surface area (Å²) in [6.07, 6.45) is 0. The van der Waals surface area contributed by atoms with E-state index in [0.29, 0.717) is 11.3 Å². The zero-order chi connectivity index (χ0) is 20.3. The van der Waals surface area contributed by atoms with Gasteiger partial charge < -0.3 is 4.74 Å². The number of hydrogen-bond acceptors (Lipinski definition) is 6. The molecule has 1 aromatic heterocycles. The Morgan fingerprint density at radius 3 is 2.75 bits per heavy atom. The van der Waals surface area contributed by atoms with Gasteiger partial charge in [-0.05, 0) is 30.3 Å². The lowest BCUT2D eigenvalue weighted by atomic mass is 10.2. The smallest absolute Gasteiger partial charge is 0.312 e. The number of ether oxygens (including phenoxy) is 1. The number of rotatable bonds is 6. The normalized spacial score (nSPS) is 10.5. The van der Waals surface area contributed by atoms with Gasteiger partial charge in [0.05, 0.1) is 10.6 Å². The Bertz CT molecular complexity index is 1060. The summed E-state index contributed by atoms with van der Waals surface area (Å²) in [6, 6.07) is 7.15. The average Bonchev–Trinajstić information content (AvgIpc) is 3.11. The van der Waals surface area contributed by atoms with Crippen molar-refractivity contribution in [2.75, 3.05) is 11.9 Å². The minimum absolute atomic E-state index is 0.105. The number of benzene rings is 2. The van der Waals surface area contributed by atoms with E-state index in [9.17, 15) is 23.7 Å². The second-order valence-electron chi connectivity index (χ2n) is 5.37. The van der Waals surface area contributed by atoms with Gasteiger partial charge in [-0.1, -0.05) is 11.6 Å². The van der Waals surface area contributed by atoms with Crippen molar-refractivity contribution >= 4 is 39.7 Å². The van der Waals surface area contributed by atoms with Gasteiger partial charge in [-0.25, -0.2) is 13.8 Å². The highest BCUT2D eigenvalue weighted by molar-refractivity contribution is 7.14.